The van der Waals surface area contributed by atoms with Crippen LogP contribution in [0.15, 0.2) is 119 Å². The number of fused-ring (bicyclic) bond motifs is 2. The third-order valence-electron chi connectivity index (χ3n) is 6.49. The Hall–Kier alpha value is -5.10. The summed E-state index contributed by atoms with van der Waals surface area (Å²) < 4.78 is 10.7. The van der Waals surface area contributed by atoms with E-state index in [1.807, 2.05) is 24.3 Å². The number of nitrogens with zero attached hydrogens (tertiary/aromatic N) is 4. The Labute approximate surface area is 205 Å². The predicted molar refractivity (Wildman–Crippen MR) is 139 cm³/mol. The van der Waals surface area contributed by atoms with Crippen molar-refractivity contribution in [1.29, 1.82) is 0 Å². The van der Waals surface area contributed by atoms with E-state index in [1.54, 1.807) is 0 Å². The minimum absolute atomic E-state index is 0.510. The first-order valence-corrected chi connectivity index (χ1v) is 11.5. The second-order valence-electron chi connectivity index (χ2n) is 8.48. The van der Waals surface area contributed by atoms with Crippen LogP contribution in [0.3, 0.4) is 0 Å². The number of hydrogen-bond donors (Lipinski definition) is 0. The predicted octanol–water partition coefficient (Wildman–Crippen LogP) is 7.43. The highest BCUT2D eigenvalue weighted by Crippen LogP contribution is 2.44. The molecule has 0 aliphatic carbocycles. The van der Waals surface area contributed by atoms with E-state index in [9.17, 15) is 0 Å². The maximum atomic E-state index is 5.37. The van der Waals surface area contributed by atoms with Crippen LogP contribution in [0.5, 0.6) is 0 Å². The number of hydrogen-bond acceptors (Lipinski definition) is 6. The van der Waals surface area contributed by atoms with Crippen LogP contribution in [0.1, 0.15) is 0 Å². The molecule has 0 radical (unpaired) electrons. The molecular weight excluding hydrogens is 448 g/mol. The van der Waals surface area contributed by atoms with E-state index >= 15 is 0 Å². The first-order valence-electron chi connectivity index (χ1n) is 11.5. The Morgan fingerprint density at radius 2 is 0.722 bits per heavy atom. The lowest BCUT2D eigenvalue weighted by Gasteiger charge is -2.18. The van der Waals surface area contributed by atoms with Gasteiger partial charge in [0.15, 0.2) is 0 Å². The maximum absolute atomic E-state index is 5.37. The summed E-state index contributed by atoms with van der Waals surface area (Å²) in [5.41, 5.74) is 6.44. The van der Waals surface area contributed by atoms with Crippen LogP contribution in [-0.2, 0) is 0 Å². The maximum Gasteiger partial charge on any atom is 0.247 e. The van der Waals surface area contributed by atoms with E-state index in [1.165, 1.54) is 45.5 Å². The van der Waals surface area contributed by atoms with Crippen LogP contribution in [0.25, 0.3) is 66.7 Å². The molecular formula is C30H18N4O2. The van der Waals surface area contributed by atoms with Gasteiger partial charge in [-0.25, -0.2) is 0 Å². The largest absolute Gasteiger partial charge is 0.423 e. The highest BCUT2D eigenvalue weighted by molar-refractivity contribution is 6.21. The molecule has 0 fully saturated rings. The highest BCUT2D eigenvalue weighted by atomic mass is 16.4. The molecule has 7 rings (SSSR count). The molecule has 0 saturated carbocycles. The lowest BCUT2D eigenvalue weighted by Crippen LogP contribution is -1.91. The summed E-state index contributed by atoms with van der Waals surface area (Å²) in [4.78, 5) is 0. The molecule has 7 aromatic rings. The summed E-state index contributed by atoms with van der Waals surface area (Å²) in [6.45, 7) is 0. The summed E-state index contributed by atoms with van der Waals surface area (Å²) in [7, 11) is 0. The Bertz CT molecular complexity index is 1610. The van der Waals surface area contributed by atoms with Gasteiger partial charge >= 0.3 is 0 Å². The molecule has 6 nitrogen and oxygen atoms in total. The Balaban J connectivity index is 1.45. The Morgan fingerprint density at radius 3 is 1.03 bits per heavy atom. The molecule has 2 heterocycles. The molecule has 0 bridgehead atoms. The summed E-state index contributed by atoms with van der Waals surface area (Å²) in [5, 5.41) is 20.4. The average Bonchev–Trinajstić information content (AvgIpc) is 3.67. The second-order valence-corrected chi connectivity index (χ2v) is 8.48. The third-order valence-corrected chi connectivity index (χ3v) is 6.49. The van der Waals surface area contributed by atoms with Crippen LogP contribution >= 0.6 is 0 Å². The van der Waals surface area contributed by atoms with E-state index < -0.39 is 0 Å². The van der Waals surface area contributed by atoms with Crippen LogP contribution in [0, 0.1) is 0 Å². The van der Waals surface area contributed by atoms with Crippen LogP contribution in [0.4, 0.5) is 0 Å². The van der Waals surface area contributed by atoms with Gasteiger partial charge in [0.05, 0.1) is 0 Å². The summed E-state index contributed by atoms with van der Waals surface area (Å²) in [6.07, 6.45) is 2.69. The minimum Gasteiger partial charge on any atom is -0.423 e. The van der Waals surface area contributed by atoms with E-state index in [-0.39, 0.29) is 0 Å². The zero-order valence-electron chi connectivity index (χ0n) is 19.0. The number of aromatic nitrogens is 4. The van der Waals surface area contributed by atoms with Crippen molar-refractivity contribution in [2.24, 2.45) is 0 Å². The molecule has 5 aromatic carbocycles. The molecule has 6 heteroatoms. The lowest BCUT2D eigenvalue weighted by molar-refractivity contribution is 0.568. The third kappa shape index (κ3) is 3.27. The first-order chi connectivity index (χ1) is 17.9. The topological polar surface area (TPSA) is 77.8 Å². The van der Waals surface area contributed by atoms with Crippen molar-refractivity contribution < 1.29 is 8.83 Å². The molecule has 2 aromatic heterocycles. The molecule has 0 saturated heterocycles. The molecule has 170 valence electrons. The average molecular weight is 467 g/mol. The fourth-order valence-electron chi connectivity index (χ4n) is 4.91. The normalized spacial score (nSPS) is 11.3. The quantitative estimate of drug-likeness (QED) is 0.251. The van der Waals surface area contributed by atoms with Gasteiger partial charge in [0.1, 0.15) is 0 Å². The van der Waals surface area contributed by atoms with E-state index in [0.29, 0.717) is 11.8 Å². The first kappa shape index (κ1) is 20.3. The zero-order valence-corrected chi connectivity index (χ0v) is 19.0. The monoisotopic (exact) mass is 466 g/mol. The molecule has 36 heavy (non-hydrogen) atoms. The van der Waals surface area contributed by atoms with Crippen LogP contribution in [-0.4, -0.2) is 20.4 Å². The van der Waals surface area contributed by atoms with E-state index in [4.69, 9.17) is 8.83 Å². The Morgan fingerprint density at radius 1 is 0.389 bits per heavy atom. The van der Waals surface area contributed by atoms with Crippen LogP contribution < -0.4 is 0 Å². The minimum atomic E-state index is 0.510. The van der Waals surface area contributed by atoms with Gasteiger partial charge in [-0.3, -0.25) is 0 Å². The fourth-order valence-corrected chi connectivity index (χ4v) is 4.91. The van der Waals surface area contributed by atoms with E-state index in [0.717, 1.165) is 22.3 Å². The summed E-state index contributed by atoms with van der Waals surface area (Å²) in [6, 6.07) is 33.7. The van der Waals surface area contributed by atoms with Gasteiger partial charge in [-0.1, -0.05) is 72.8 Å². The summed E-state index contributed by atoms with van der Waals surface area (Å²) >= 11 is 0. The van der Waals surface area contributed by atoms with Gasteiger partial charge in [0, 0.05) is 11.1 Å². The standard InChI is InChI=1S/C30H18N4O2/c1-2-6-24-23(5-1)27(19-9-13-21(14-10-19)29-33-31-17-35-29)25-7-3-4-8-26(25)28(24)20-11-15-22(16-12-20)30-34-32-18-36-30/h1-18H. The molecule has 0 aliphatic heterocycles. The molecule has 0 atom stereocenters. The lowest BCUT2D eigenvalue weighted by atomic mass is 9.85. The SMILES string of the molecule is c1ccc2c(-c3ccc(-c4nnco4)cc3)c3ccccc3c(-c3ccc(-c4nnco4)cc3)c2c1. The molecule has 0 N–H and O–H groups in total. The van der Waals surface area contributed by atoms with E-state index in [2.05, 4.69) is 93.2 Å². The van der Waals surface area contributed by atoms with Gasteiger partial charge in [0.2, 0.25) is 24.6 Å². The highest BCUT2D eigenvalue weighted by Gasteiger charge is 2.17. The smallest absolute Gasteiger partial charge is 0.247 e. The van der Waals surface area contributed by atoms with Gasteiger partial charge in [-0.2, -0.15) is 0 Å². The number of rotatable bonds is 4. The molecule has 0 spiro atoms. The summed E-state index contributed by atoms with van der Waals surface area (Å²) in [5.74, 6) is 1.02. The van der Waals surface area contributed by atoms with Crippen molar-refractivity contribution >= 4 is 21.5 Å². The van der Waals surface area contributed by atoms with Crippen molar-refractivity contribution in [2.45, 2.75) is 0 Å². The second kappa shape index (κ2) is 8.29. The van der Waals surface area contributed by atoms with Crippen molar-refractivity contribution in [2.75, 3.05) is 0 Å². The fraction of sp³-hybridized carbons (Fsp3) is 0. The van der Waals surface area contributed by atoms with Gasteiger partial charge < -0.3 is 8.83 Å². The van der Waals surface area contributed by atoms with Crippen molar-refractivity contribution in [3.05, 3.63) is 110 Å². The van der Waals surface area contributed by atoms with Gasteiger partial charge in [-0.05, 0) is 68.1 Å². The van der Waals surface area contributed by atoms with Crippen LogP contribution in [0.2, 0.25) is 0 Å². The van der Waals surface area contributed by atoms with Crippen molar-refractivity contribution in [3.63, 3.8) is 0 Å². The molecule has 0 aliphatic rings. The van der Waals surface area contributed by atoms with Gasteiger partial charge in [0.25, 0.3) is 0 Å². The molecule has 0 amide bonds. The molecule has 0 unspecified atom stereocenters. The Kier molecular flexibility index (Phi) is 4.67. The van der Waals surface area contributed by atoms with Crippen molar-refractivity contribution in [3.8, 4) is 45.2 Å². The van der Waals surface area contributed by atoms with Gasteiger partial charge in [-0.15, -0.1) is 20.4 Å². The van der Waals surface area contributed by atoms with Crippen molar-refractivity contribution in [1.82, 2.24) is 20.4 Å². The number of benzene rings is 5. The zero-order chi connectivity index (χ0) is 23.9.